The van der Waals surface area contributed by atoms with Crippen molar-refractivity contribution >= 4 is 22.6 Å². The summed E-state index contributed by atoms with van der Waals surface area (Å²) in [6.45, 7) is 1.31. The third-order valence-corrected chi connectivity index (χ3v) is 6.91. The molecule has 0 bridgehead atoms. The Morgan fingerprint density at radius 3 is 2.68 bits per heavy atom. The monoisotopic (exact) mass is 433 g/mol. The van der Waals surface area contributed by atoms with Crippen LogP contribution < -0.4 is 16.1 Å². The van der Waals surface area contributed by atoms with Crippen LogP contribution in [0, 0.1) is 29.4 Å². The molecule has 1 aliphatic heterocycles. The molecule has 0 amide bonds. The molecule has 3 aliphatic rings. The molecule has 1 aromatic carbocycles. The molecule has 2 fully saturated rings. The fourth-order valence-electron chi connectivity index (χ4n) is 5.19. The van der Waals surface area contributed by atoms with Gasteiger partial charge in [0.25, 0.3) is 0 Å². The highest BCUT2D eigenvalue weighted by Gasteiger charge is 2.42. The zero-order valence-electron chi connectivity index (χ0n) is 16.6. The van der Waals surface area contributed by atoms with E-state index in [1.165, 1.54) is 0 Å². The molecule has 31 heavy (non-hydrogen) atoms. The Balaban J connectivity index is 1.68. The fraction of sp³-hybridized carbons (Fsp3) is 0.455. The van der Waals surface area contributed by atoms with Gasteiger partial charge in [0.1, 0.15) is 23.2 Å². The summed E-state index contributed by atoms with van der Waals surface area (Å²) < 4.78 is 45.9. The highest BCUT2D eigenvalue weighted by atomic mass is 19.1. The van der Waals surface area contributed by atoms with Crippen LogP contribution >= 0.6 is 0 Å². The molecule has 5 unspecified atom stereocenters. The predicted octanol–water partition coefficient (Wildman–Crippen LogP) is 2.85. The number of hydrogen-bond acceptors (Lipinski definition) is 4. The van der Waals surface area contributed by atoms with Crippen molar-refractivity contribution in [2.45, 2.75) is 25.1 Å². The van der Waals surface area contributed by atoms with Crippen LogP contribution in [0.5, 0.6) is 0 Å². The number of carboxylic acids is 1. The molecule has 164 valence electrons. The highest BCUT2D eigenvalue weighted by Crippen LogP contribution is 2.44. The van der Waals surface area contributed by atoms with E-state index in [1.807, 2.05) is 0 Å². The van der Waals surface area contributed by atoms with E-state index >= 15 is 8.78 Å². The average molecular weight is 433 g/mol. The average Bonchev–Trinajstić information content (AvgIpc) is 3.29. The maximum absolute atomic E-state index is 15.8. The van der Waals surface area contributed by atoms with Gasteiger partial charge in [-0.15, -0.1) is 0 Å². The smallest absolute Gasteiger partial charge is 0.341 e. The number of carboxylic acid groups (broad SMARTS) is 1. The minimum absolute atomic E-state index is 0.0833. The quantitative estimate of drug-likeness (QED) is 0.724. The maximum Gasteiger partial charge on any atom is 0.341 e. The van der Waals surface area contributed by atoms with Gasteiger partial charge >= 0.3 is 5.97 Å². The molecule has 6 nitrogen and oxygen atoms in total. The van der Waals surface area contributed by atoms with E-state index in [9.17, 15) is 19.1 Å². The number of pyridine rings is 1. The zero-order valence-corrected chi connectivity index (χ0v) is 16.6. The molecular formula is C22H22F3N3O3. The minimum Gasteiger partial charge on any atom is -0.477 e. The minimum atomic E-state index is -1.52. The first-order chi connectivity index (χ1) is 14.8. The van der Waals surface area contributed by atoms with Crippen molar-refractivity contribution in [3.8, 4) is 0 Å². The molecule has 2 aliphatic carbocycles. The number of nitrogens with zero attached hydrogens (tertiary/aromatic N) is 2. The van der Waals surface area contributed by atoms with E-state index in [-0.39, 0.29) is 35.4 Å². The number of fused-ring (bicyclic) bond motifs is 2. The second kappa shape index (κ2) is 7.12. The third-order valence-electron chi connectivity index (χ3n) is 6.91. The SMILES string of the molecule is NCC1CC=CC2CN(c3c(F)cc4c(=O)c(C(=O)O)cn(C5CC5F)c4c3F)CC21. The molecule has 0 spiro atoms. The van der Waals surface area contributed by atoms with Crippen LogP contribution in [0.3, 0.4) is 0 Å². The van der Waals surface area contributed by atoms with E-state index in [0.29, 0.717) is 19.6 Å². The van der Waals surface area contributed by atoms with Crippen molar-refractivity contribution in [2.24, 2.45) is 23.5 Å². The van der Waals surface area contributed by atoms with Crippen LogP contribution in [0.25, 0.3) is 10.9 Å². The van der Waals surface area contributed by atoms with Crippen molar-refractivity contribution in [1.82, 2.24) is 4.57 Å². The van der Waals surface area contributed by atoms with Crippen LogP contribution in [-0.2, 0) is 0 Å². The molecular weight excluding hydrogens is 411 g/mol. The molecule has 1 aromatic heterocycles. The third kappa shape index (κ3) is 3.05. The maximum atomic E-state index is 15.8. The molecule has 9 heteroatoms. The van der Waals surface area contributed by atoms with E-state index < -0.39 is 46.2 Å². The summed E-state index contributed by atoms with van der Waals surface area (Å²) in [6.07, 6.45) is 4.71. The van der Waals surface area contributed by atoms with Gasteiger partial charge in [-0.1, -0.05) is 12.2 Å². The second-order valence-electron chi connectivity index (χ2n) is 8.71. The van der Waals surface area contributed by atoms with Crippen molar-refractivity contribution in [3.63, 3.8) is 0 Å². The molecule has 3 N–H and O–H groups in total. The van der Waals surface area contributed by atoms with Crippen LogP contribution in [0.1, 0.15) is 29.2 Å². The first-order valence-corrected chi connectivity index (χ1v) is 10.4. The highest BCUT2D eigenvalue weighted by molar-refractivity contribution is 5.94. The van der Waals surface area contributed by atoms with Crippen LogP contribution in [0.2, 0.25) is 0 Å². The van der Waals surface area contributed by atoms with Gasteiger partial charge in [-0.2, -0.15) is 0 Å². The largest absolute Gasteiger partial charge is 0.477 e. The lowest BCUT2D eigenvalue weighted by atomic mass is 9.78. The Hall–Kier alpha value is -2.81. The van der Waals surface area contributed by atoms with Crippen molar-refractivity contribution in [3.05, 3.63) is 51.8 Å². The van der Waals surface area contributed by atoms with Gasteiger partial charge in [-0.3, -0.25) is 4.79 Å². The Bertz CT molecular complexity index is 1180. The summed E-state index contributed by atoms with van der Waals surface area (Å²) in [6, 6.07) is 0.104. The molecule has 5 rings (SSSR count). The summed E-state index contributed by atoms with van der Waals surface area (Å²) in [5, 5.41) is 8.94. The number of halogens is 3. The number of rotatable bonds is 4. The van der Waals surface area contributed by atoms with Crippen molar-refractivity contribution < 1.29 is 23.1 Å². The van der Waals surface area contributed by atoms with Gasteiger partial charge in [0.2, 0.25) is 5.43 Å². The Labute approximate surface area is 175 Å². The summed E-state index contributed by atoms with van der Waals surface area (Å²) in [4.78, 5) is 25.7. The lowest BCUT2D eigenvalue weighted by molar-refractivity contribution is 0.0694. The number of aromatic carboxylic acids is 1. The standard InChI is InChI=1S/C22H22F3N3O3/c23-15-5-17(15)28-9-14(22(30)31)21(29)12-4-16(24)20(18(25)19(12)28)27-7-11-3-1-2-10(6-26)13(11)8-27/h1,3-4,9-11,13,15,17H,2,5-8,26H2,(H,30,31). The van der Waals surface area contributed by atoms with Gasteiger partial charge in [0.05, 0.1) is 16.9 Å². The first kappa shape index (κ1) is 20.1. The Morgan fingerprint density at radius 1 is 1.29 bits per heavy atom. The number of aromatic nitrogens is 1. The number of allylic oxidation sites excluding steroid dienone is 1. The van der Waals surface area contributed by atoms with Crippen molar-refractivity contribution in [1.29, 1.82) is 0 Å². The van der Waals surface area contributed by atoms with Gasteiger partial charge in [-0.25, -0.2) is 18.0 Å². The van der Waals surface area contributed by atoms with Crippen LogP contribution in [0.4, 0.5) is 18.9 Å². The van der Waals surface area contributed by atoms with Gasteiger partial charge in [-0.05, 0) is 36.8 Å². The molecule has 0 radical (unpaired) electrons. The van der Waals surface area contributed by atoms with E-state index in [1.54, 1.807) is 4.90 Å². The summed E-state index contributed by atoms with van der Waals surface area (Å²) in [5.74, 6) is -2.91. The normalized spacial score (nSPS) is 29.4. The summed E-state index contributed by atoms with van der Waals surface area (Å²) in [5.41, 5.74) is 3.74. The number of anilines is 1. The fourth-order valence-corrected chi connectivity index (χ4v) is 5.19. The van der Waals surface area contributed by atoms with Crippen molar-refractivity contribution in [2.75, 3.05) is 24.5 Å². The Kier molecular flexibility index (Phi) is 4.62. The zero-order chi connectivity index (χ0) is 22.0. The topological polar surface area (TPSA) is 88.6 Å². The van der Waals surface area contributed by atoms with Crippen LogP contribution in [0.15, 0.2) is 29.2 Å². The van der Waals surface area contributed by atoms with Gasteiger partial charge < -0.3 is 20.3 Å². The molecule has 2 heterocycles. The number of benzene rings is 1. The molecule has 5 atom stereocenters. The van der Waals surface area contributed by atoms with Crippen LogP contribution in [-0.4, -0.2) is 41.4 Å². The number of carbonyl (C=O) groups is 1. The van der Waals surface area contributed by atoms with E-state index in [0.717, 1.165) is 23.3 Å². The summed E-state index contributed by atoms with van der Waals surface area (Å²) >= 11 is 0. The summed E-state index contributed by atoms with van der Waals surface area (Å²) in [7, 11) is 0. The number of nitrogens with two attached hydrogens (primary N) is 1. The lowest BCUT2D eigenvalue weighted by Crippen LogP contribution is -2.30. The molecule has 1 saturated carbocycles. The first-order valence-electron chi connectivity index (χ1n) is 10.4. The number of alkyl halides is 1. The van der Waals surface area contributed by atoms with E-state index in [2.05, 4.69) is 12.2 Å². The molecule has 1 saturated heterocycles. The second-order valence-corrected chi connectivity index (χ2v) is 8.71. The van der Waals surface area contributed by atoms with E-state index in [4.69, 9.17) is 5.73 Å². The lowest BCUT2D eigenvalue weighted by Gasteiger charge is -2.27. The van der Waals surface area contributed by atoms with Gasteiger partial charge in [0, 0.05) is 25.7 Å². The Morgan fingerprint density at radius 2 is 2.03 bits per heavy atom. The van der Waals surface area contributed by atoms with Gasteiger partial charge in [0.15, 0.2) is 5.82 Å². The molecule has 2 aromatic rings. The predicted molar refractivity (Wildman–Crippen MR) is 109 cm³/mol. The number of hydrogen-bond donors (Lipinski definition) is 2.